The SMILES string of the molecule is CCc1cc(N2CCC(C(=O)N3CCc4ccccc4C3)CC2)c2nncn2n1. The van der Waals surface area contributed by atoms with Crippen LogP contribution in [0.3, 0.4) is 0 Å². The maximum Gasteiger partial charge on any atom is 0.226 e. The van der Waals surface area contributed by atoms with Crippen LogP contribution in [0.15, 0.2) is 36.7 Å². The number of hydrogen-bond donors (Lipinski definition) is 0. The van der Waals surface area contributed by atoms with Crippen molar-refractivity contribution in [3.63, 3.8) is 0 Å². The molecular weight excluding hydrogens is 364 g/mol. The number of anilines is 1. The Labute approximate surface area is 170 Å². The Kier molecular flexibility index (Phi) is 4.66. The summed E-state index contributed by atoms with van der Waals surface area (Å²) in [6, 6.07) is 10.6. The van der Waals surface area contributed by atoms with Crippen LogP contribution < -0.4 is 4.90 Å². The van der Waals surface area contributed by atoms with Gasteiger partial charge >= 0.3 is 0 Å². The second-order valence-corrected chi connectivity index (χ2v) is 8.01. The average molecular weight is 390 g/mol. The zero-order valence-corrected chi connectivity index (χ0v) is 16.8. The van der Waals surface area contributed by atoms with Crippen LogP contribution in [0.1, 0.15) is 36.6 Å². The number of benzene rings is 1. The Morgan fingerprint density at radius 1 is 1.14 bits per heavy atom. The van der Waals surface area contributed by atoms with E-state index in [-0.39, 0.29) is 5.92 Å². The van der Waals surface area contributed by atoms with E-state index in [4.69, 9.17) is 0 Å². The maximum atomic E-state index is 13.1. The molecule has 4 heterocycles. The minimum absolute atomic E-state index is 0.109. The third-order valence-electron chi connectivity index (χ3n) is 6.29. The molecule has 7 nitrogen and oxygen atoms in total. The number of nitrogens with zero attached hydrogens (tertiary/aromatic N) is 6. The van der Waals surface area contributed by atoms with Crippen LogP contribution in [-0.2, 0) is 24.2 Å². The van der Waals surface area contributed by atoms with Crippen LogP contribution in [0.5, 0.6) is 0 Å². The summed E-state index contributed by atoms with van der Waals surface area (Å²) in [5.41, 5.74) is 5.57. The minimum atomic E-state index is 0.109. The molecule has 0 atom stereocenters. The molecule has 1 aromatic carbocycles. The van der Waals surface area contributed by atoms with E-state index in [1.54, 1.807) is 10.8 Å². The van der Waals surface area contributed by atoms with Crippen molar-refractivity contribution in [2.75, 3.05) is 24.5 Å². The Balaban J connectivity index is 1.28. The number of carbonyl (C=O) groups is 1. The quantitative estimate of drug-likeness (QED) is 0.687. The van der Waals surface area contributed by atoms with Gasteiger partial charge in [-0.15, -0.1) is 10.2 Å². The van der Waals surface area contributed by atoms with Crippen LogP contribution in [0.2, 0.25) is 0 Å². The summed E-state index contributed by atoms with van der Waals surface area (Å²) in [5, 5.41) is 12.8. The average Bonchev–Trinajstić information content (AvgIpc) is 3.26. The molecule has 0 aliphatic carbocycles. The molecule has 2 aliphatic rings. The number of fused-ring (bicyclic) bond motifs is 2. The Bertz CT molecular complexity index is 1040. The second-order valence-electron chi connectivity index (χ2n) is 8.01. The van der Waals surface area contributed by atoms with Crippen LogP contribution >= 0.6 is 0 Å². The zero-order chi connectivity index (χ0) is 19.8. The normalized spacial score (nSPS) is 17.6. The molecule has 0 spiro atoms. The van der Waals surface area contributed by atoms with E-state index in [1.807, 2.05) is 0 Å². The van der Waals surface area contributed by atoms with Crippen molar-refractivity contribution in [1.29, 1.82) is 0 Å². The van der Waals surface area contributed by atoms with E-state index in [9.17, 15) is 4.79 Å². The number of aryl methyl sites for hydroxylation is 1. The van der Waals surface area contributed by atoms with Crippen molar-refractivity contribution in [2.24, 2.45) is 5.92 Å². The molecule has 0 saturated carbocycles. The second kappa shape index (κ2) is 7.46. The first-order valence-corrected chi connectivity index (χ1v) is 10.5. The Hall–Kier alpha value is -2.96. The molecule has 2 aliphatic heterocycles. The molecule has 7 heteroatoms. The van der Waals surface area contributed by atoms with Gasteiger partial charge in [0.15, 0.2) is 0 Å². The van der Waals surface area contributed by atoms with Gasteiger partial charge in [-0.2, -0.15) is 9.61 Å². The van der Waals surface area contributed by atoms with Crippen LogP contribution in [0, 0.1) is 5.92 Å². The lowest BCUT2D eigenvalue weighted by molar-refractivity contribution is -0.137. The van der Waals surface area contributed by atoms with Gasteiger partial charge in [0.05, 0.1) is 11.4 Å². The van der Waals surface area contributed by atoms with Crippen molar-refractivity contribution in [3.8, 4) is 0 Å². The number of hydrogen-bond acceptors (Lipinski definition) is 5. The molecule has 150 valence electrons. The van der Waals surface area contributed by atoms with E-state index in [0.717, 1.165) is 68.9 Å². The van der Waals surface area contributed by atoms with Gasteiger partial charge in [-0.1, -0.05) is 31.2 Å². The van der Waals surface area contributed by atoms with Gasteiger partial charge in [0.25, 0.3) is 0 Å². The van der Waals surface area contributed by atoms with Crippen LogP contribution in [-0.4, -0.2) is 50.3 Å². The predicted octanol–water partition coefficient (Wildman–Crippen LogP) is 2.49. The summed E-state index contributed by atoms with van der Waals surface area (Å²) >= 11 is 0. The van der Waals surface area contributed by atoms with Gasteiger partial charge in [0.1, 0.15) is 6.33 Å². The molecule has 0 radical (unpaired) electrons. The first-order valence-electron chi connectivity index (χ1n) is 10.5. The lowest BCUT2D eigenvalue weighted by Crippen LogP contribution is -2.44. The van der Waals surface area contributed by atoms with Gasteiger partial charge in [-0.05, 0) is 42.9 Å². The molecule has 0 N–H and O–H groups in total. The highest BCUT2D eigenvalue weighted by molar-refractivity contribution is 5.80. The molecule has 5 rings (SSSR count). The molecule has 0 unspecified atom stereocenters. The number of carbonyl (C=O) groups excluding carboxylic acids is 1. The number of amides is 1. The van der Waals surface area contributed by atoms with Crippen LogP contribution in [0.25, 0.3) is 5.65 Å². The van der Waals surface area contributed by atoms with Crippen molar-refractivity contribution < 1.29 is 4.79 Å². The summed E-state index contributed by atoms with van der Waals surface area (Å²) in [7, 11) is 0. The van der Waals surface area contributed by atoms with E-state index in [2.05, 4.69) is 62.4 Å². The van der Waals surface area contributed by atoms with Crippen molar-refractivity contribution in [1.82, 2.24) is 24.7 Å². The molecule has 0 bridgehead atoms. The highest BCUT2D eigenvalue weighted by atomic mass is 16.2. The largest absolute Gasteiger partial charge is 0.368 e. The summed E-state index contributed by atoms with van der Waals surface area (Å²) in [6.07, 6.45) is 5.24. The number of piperidine rings is 1. The first kappa shape index (κ1) is 18.1. The highest BCUT2D eigenvalue weighted by Gasteiger charge is 2.31. The van der Waals surface area contributed by atoms with E-state index < -0.39 is 0 Å². The maximum absolute atomic E-state index is 13.1. The molecule has 1 fully saturated rings. The van der Waals surface area contributed by atoms with Gasteiger partial charge < -0.3 is 9.80 Å². The van der Waals surface area contributed by atoms with E-state index in [0.29, 0.717) is 5.91 Å². The molecule has 1 amide bonds. The molecular formula is C22H26N6O. The lowest BCUT2D eigenvalue weighted by Gasteiger charge is -2.37. The molecule has 29 heavy (non-hydrogen) atoms. The summed E-state index contributed by atoms with van der Waals surface area (Å²) in [5.74, 6) is 0.425. The van der Waals surface area contributed by atoms with Crippen molar-refractivity contribution >= 4 is 17.2 Å². The highest BCUT2D eigenvalue weighted by Crippen LogP contribution is 2.29. The minimum Gasteiger partial charge on any atom is -0.368 e. The topological polar surface area (TPSA) is 66.6 Å². The first-order chi connectivity index (χ1) is 14.2. The van der Waals surface area contributed by atoms with Gasteiger partial charge in [0, 0.05) is 32.1 Å². The molecule has 1 saturated heterocycles. The fourth-order valence-electron chi connectivity index (χ4n) is 4.58. The number of aromatic nitrogens is 4. The smallest absolute Gasteiger partial charge is 0.226 e. The molecule has 3 aromatic rings. The van der Waals surface area contributed by atoms with Crippen molar-refractivity contribution in [2.45, 2.75) is 39.2 Å². The predicted molar refractivity (Wildman–Crippen MR) is 111 cm³/mol. The van der Waals surface area contributed by atoms with Gasteiger partial charge in [-0.25, -0.2) is 0 Å². The third-order valence-corrected chi connectivity index (χ3v) is 6.29. The Morgan fingerprint density at radius 2 is 1.93 bits per heavy atom. The summed E-state index contributed by atoms with van der Waals surface area (Å²) < 4.78 is 1.76. The summed E-state index contributed by atoms with van der Waals surface area (Å²) in [6.45, 7) is 5.40. The Morgan fingerprint density at radius 3 is 2.72 bits per heavy atom. The van der Waals surface area contributed by atoms with Gasteiger partial charge in [-0.3, -0.25) is 4.79 Å². The van der Waals surface area contributed by atoms with Crippen LogP contribution in [0.4, 0.5) is 5.69 Å². The van der Waals surface area contributed by atoms with Crippen molar-refractivity contribution in [3.05, 3.63) is 53.5 Å². The fraction of sp³-hybridized carbons (Fsp3) is 0.455. The van der Waals surface area contributed by atoms with E-state index >= 15 is 0 Å². The fourth-order valence-corrected chi connectivity index (χ4v) is 4.58. The molecule has 2 aromatic heterocycles. The third kappa shape index (κ3) is 3.34. The van der Waals surface area contributed by atoms with E-state index in [1.165, 1.54) is 11.1 Å². The zero-order valence-electron chi connectivity index (χ0n) is 16.8. The lowest BCUT2D eigenvalue weighted by atomic mass is 9.93. The standard InChI is InChI=1S/C22H26N6O/c1-2-19-13-20(21-24-23-15-28(21)25-19)26-10-8-17(9-11-26)22(29)27-12-7-16-5-3-4-6-18(16)14-27/h3-6,13,15,17H,2,7-12,14H2,1H3. The number of rotatable bonds is 3. The monoisotopic (exact) mass is 390 g/mol. The summed E-state index contributed by atoms with van der Waals surface area (Å²) in [4.78, 5) is 17.5. The van der Waals surface area contributed by atoms with Gasteiger partial charge in [0.2, 0.25) is 11.6 Å².